The lowest BCUT2D eigenvalue weighted by Gasteiger charge is -2.24. The molecule has 3 heterocycles. The zero-order valence-electron chi connectivity index (χ0n) is 14.0. The van der Waals surface area contributed by atoms with Crippen molar-refractivity contribution in [2.45, 2.75) is 36.8 Å². The molecule has 0 aliphatic carbocycles. The molecule has 0 saturated carbocycles. The van der Waals surface area contributed by atoms with Gasteiger partial charge in [-0.05, 0) is 30.5 Å². The van der Waals surface area contributed by atoms with Crippen LogP contribution in [0.15, 0.2) is 29.3 Å². The molecule has 1 aromatic rings. The van der Waals surface area contributed by atoms with Crippen LogP contribution in [0.5, 0.6) is 0 Å². The molecule has 0 N–H and O–H groups in total. The first kappa shape index (κ1) is 18.3. The third kappa shape index (κ3) is 3.78. The van der Waals surface area contributed by atoms with Crippen LogP contribution in [0.3, 0.4) is 0 Å². The van der Waals surface area contributed by atoms with Crippen LogP contribution >= 0.6 is 23.4 Å². The molecule has 1 amide bonds. The first-order valence-corrected chi connectivity index (χ1v) is 11.6. The number of halogens is 1. The van der Waals surface area contributed by atoms with E-state index in [2.05, 4.69) is 4.99 Å². The number of benzene rings is 1. The monoisotopic (exact) mass is 414 g/mol. The van der Waals surface area contributed by atoms with Gasteiger partial charge in [-0.1, -0.05) is 35.5 Å². The Labute approximate surface area is 161 Å². The van der Waals surface area contributed by atoms with Gasteiger partial charge in [-0.25, -0.2) is 8.42 Å². The third-order valence-corrected chi connectivity index (χ3v) is 8.35. The fraction of sp³-hybridized carbons (Fsp3) is 0.529. The number of hydrogen-bond acceptors (Lipinski definition) is 5. The van der Waals surface area contributed by atoms with Gasteiger partial charge in [0.2, 0.25) is 0 Å². The molecule has 3 unspecified atom stereocenters. The van der Waals surface area contributed by atoms with E-state index >= 15 is 0 Å². The minimum atomic E-state index is -3.05. The summed E-state index contributed by atoms with van der Waals surface area (Å²) in [5.74, 6) is -0.0354. The van der Waals surface area contributed by atoms with Gasteiger partial charge in [-0.15, -0.1) is 0 Å². The minimum absolute atomic E-state index is 0.0802. The highest BCUT2D eigenvalue weighted by molar-refractivity contribution is 8.15. The zero-order valence-corrected chi connectivity index (χ0v) is 16.4. The number of thioether (sulfide) groups is 1. The smallest absolute Gasteiger partial charge is 0.277 e. The van der Waals surface area contributed by atoms with E-state index in [1.165, 1.54) is 11.8 Å². The predicted molar refractivity (Wildman–Crippen MR) is 102 cm³/mol. The summed E-state index contributed by atoms with van der Waals surface area (Å²) in [6.07, 6.45) is 1.09. The molecule has 1 aromatic carbocycles. The second-order valence-corrected chi connectivity index (χ2v) is 10.6. The number of nitrogens with zero attached hydrogens (tertiary/aromatic N) is 2. The summed E-state index contributed by atoms with van der Waals surface area (Å²) in [6, 6.07) is 7.26. The van der Waals surface area contributed by atoms with E-state index in [-0.39, 0.29) is 28.7 Å². The van der Waals surface area contributed by atoms with Crippen molar-refractivity contribution in [3.05, 3.63) is 34.9 Å². The van der Waals surface area contributed by atoms with Gasteiger partial charge in [-0.3, -0.25) is 4.79 Å². The maximum absolute atomic E-state index is 12.4. The number of ether oxygens (including phenoxy) is 1. The third-order valence-electron chi connectivity index (χ3n) is 4.85. The van der Waals surface area contributed by atoms with Crippen molar-refractivity contribution in [3.8, 4) is 0 Å². The van der Waals surface area contributed by atoms with Crippen LogP contribution < -0.4 is 0 Å². The molecule has 0 spiro atoms. The first-order chi connectivity index (χ1) is 12.4. The molecule has 0 radical (unpaired) electrons. The maximum Gasteiger partial charge on any atom is 0.277 e. The Hall–Kier alpha value is -1.09. The summed E-state index contributed by atoms with van der Waals surface area (Å²) in [5, 5.41) is 1.17. The second-order valence-electron chi connectivity index (χ2n) is 6.79. The summed E-state index contributed by atoms with van der Waals surface area (Å²) in [4.78, 5) is 18.7. The van der Waals surface area contributed by atoms with E-state index in [4.69, 9.17) is 16.3 Å². The SMILES string of the molecule is O=C(N=C1SC2CS(=O)(=O)CC2N1Cc1ccc(Cl)cc1)C1CCCO1. The highest BCUT2D eigenvalue weighted by atomic mass is 35.5. The molecular weight excluding hydrogens is 396 g/mol. The van der Waals surface area contributed by atoms with Gasteiger partial charge in [0.1, 0.15) is 6.10 Å². The Morgan fingerprint density at radius 1 is 1.31 bits per heavy atom. The molecule has 3 atom stereocenters. The average Bonchev–Trinajstić information content (AvgIpc) is 3.27. The number of aliphatic imine (C=N–C) groups is 1. The highest BCUT2D eigenvalue weighted by Crippen LogP contribution is 2.39. The highest BCUT2D eigenvalue weighted by Gasteiger charge is 2.48. The Morgan fingerprint density at radius 3 is 2.77 bits per heavy atom. The Balaban J connectivity index is 1.59. The maximum atomic E-state index is 12.4. The number of carbonyl (C=O) groups is 1. The van der Waals surface area contributed by atoms with Crippen LogP contribution in [0.2, 0.25) is 5.02 Å². The molecule has 26 heavy (non-hydrogen) atoms. The minimum Gasteiger partial charge on any atom is -0.368 e. The molecule has 0 bridgehead atoms. The van der Waals surface area contributed by atoms with Gasteiger partial charge in [0.15, 0.2) is 15.0 Å². The van der Waals surface area contributed by atoms with Crippen LogP contribution in [0, 0.1) is 0 Å². The number of fused-ring (bicyclic) bond motifs is 1. The van der Waals surface area contributed by atoms with Crippen molar-refractivity contribution in [1.82, 2.24) is 4.90 Å². The molecule has 3 saturated heterocycles. The molecule has 3 fully saturated rings. The van der Waals surface area contributed by atoms with E-state index in [9.17, 15) is 13.2 Å². The number of rotatable bonds is 3. The molecule has 6 nitrogen and oxygen atoms in total. The van der Waals surface area contributed by atoms with Gasteiger partial charge in [-0.2, -0.15) is 4.99 Å². The lowest BCUT2D eigenvalue weighted by atomic mass is 10.1. The van der Waals surface area contributed by atoms with Crippen molar-refractivity contribution >= 4 is 44.3 Å². The van der Waals surface area contributed by atoms with Gasteiger partial charge in [0.05, 0.1) is 17.5 Å². The number of hydrogen-bond donors (Lipinski definition) is 0. The molecule has 0 aromatic heterocycles. The number of amidine groups is 1. The molecule has 3 aliphatic heterocycles. The topological polar surface area (TPSA) is 76.0 Å². The summed E-state index contributed by atoms with van der Waals surface area (Å²) < 4.78 is 29.5. The Bertz CT molecular complexity index is 835. The molecule has 140 valence electrons. The van der Waals surface area contributed by atoms with Gasteiger partial charge in [0, 0.05) is 23.4 Å². The fourth-order valence-corrected chi connectivity index (χ4v) is 7.63. The Kier molecular flexibility index (Phi) is 5.02. The lowest BCUT2D eigenvalue weighted by molar-refractivity contribution is -0.126. The fourth-order valence-electron chi connectivity index (χ4n) is 3.55. The largest absolute Gasteiger partial charge is 0.368 e. The summed E-state index contributed by atoms with van der Waals surface area (Å²) in [7, 11) is -3.05. The van der Waals surface area contributed by atoms with Crippen LogP contribution in [0.4, 0.5) is 0 Å². The van der Waals surface area contributed by atoms with Crippen LogP contribution in [0.1, 0.15) is 18.4 Å². The second kappa shape index (κ2) is 7.14. The van der Waals surface area contributed by atoms with Crippen molar-refractivity contribution < 1.29 is 17.9 Å². The Morgan fingerprint density at radius 2 is 2.08 bits per heavy atom. The molecule has 4 rings (SSSR count). The van der Waals surface area contributed by atoms with Crippen molar-refractivity contribution in [1.29, 1.82) is 0 Å². The number of sulfone groups is 1. The van der Waals surface area contributed by atoms with Gasteiger partial charge < -0.3 is 9.64 Å². The van der Waals surface area contributed by atoms with Crippen LogP contribution in [-0.2, 0) is 25.9 Å². The van der Waals surface area contributed by atoms with E-state index in [1.807, 2.05) is 17.0 Å². The van der Waals surface area contributed by atoms with E-state index in [0.29, 0.717) is 29.8 Å². The normalized spacial score (nSPS) is 31.5. The van der Waals surface area contributed by atoms with Crippen molar-refractivity contribution in [3.63, 3.8) is 0 Å². The zero-order chi connectivity index (χ0) is 18.3. The standard InChI is InChI=1S/C17H19ClN2O4S2/c18-12-5-3-11(4-6-12)8-20-13-9-26(22,23)10-15(13)25-17(20)19-16(21)14-2-1-7-24-14/h3-6,13-15H,1-2,7-10H2. The van der Waals surface area contributed by atoms with E-state index in [0.717, 1.165) is 12.0 Å². The first-order valence-electron chi connectivity index (χ1n) is 8.53. The number of carbonyl (C=O) groups excluding carboxylic acids is 1. The predicted octanol–water partition coefficient (Wildman–Crippen LogP) is 2.12. The summed E-state index contributed by atoms with van der Waals surface area (Å²) in [6.45, 7) is 1.09. The van der Waals surface area contributed by atoms with Crippen LogP contribution in [-0.4, -0.2) is 59.9 Å². The quantitative estimate of drug-likeness (QED) is 0.754. The van der Waals surface area contributed by atoms with Crippen molar-refractivity contribution in [2.24, 2.45) is 4.99 Å². The van der Waals surface area contributed by atoms with E-state index in [1.54, 1.807) is 12.1 Å². The lowest BCUT2D eigenvalue weighted by Crippen LogP contribution is -2.37. The molecule has 9 heteroatoms. The molecule has 3 aliphatic rings. The average molecular weight is 415 g/mol. The van der Waals surface area contributed by atoms with E-state index < -0.39 is 15.9 Å². The number of amides is 1. The van der Waals surface area contributed by atoms with Gasteiger partial charge >= 0.3 is 0 Å². The summed E-state index contributed by atoms with van der Waals surface area (Å²) >= 11 is 7.34. The van der Waals surface area contributed by atoms with Crippen molar-refractivity contribution in [2.75, 3.05) is 18.1 Å². The summed E-state index contributed by atoms with van der Waals surface area (Å²) in [5.41, 5.74) is 0.997. The van der Waals surface area contributed by atoms with Crippen LogP contribution in [0.25, 0.3) is 0 Å². The van der Waals surface area contributed by atoms with Gasteiger partial charge in [0.25, 0.3) is 5.91 Å². The molecular formula is C17H19ClN2O4S2.